The molecule has 0 aliphatic carbocycles. The van der Waals surface area contributed by atoms with Gasteiger partial charge < -0.3 is 15.3 Å². The Morgan fingerprint density at radius 1 is 0.714 bits per heavy atom. The molecule has 16 heteroatoms. The third-order valence-corrected chi connectivity index (χ3v) is 8.01. The zero-order valence-corrected chi connectivity index (χ0v) is 26.4. The van der Waals surface area contributed by atoms with E-state index in [4.69, 9.17) is 0 Å². The lowest BCUT2D eigenvalue weighted by Crippen LogP contribution is -2.48. The summed E-state index contributed by atoms with van der Waals surface area (Å²) >= 11 is 0. The number of nitrogens with zero attached hydrogens (tertiary/aromatic N) is 4. The van der Waals surface area contributed by atoms with Crippen LogP contribution in [0.1, 0.15) is 21.5 Å². The van der Waals surface area contributed by atoms with Gasteiger partial charge >= 0.3 is 5.97 Å². The average molecular weight is 683 g/mol. The molecule has 248 valence electrons. The van der Waals surface area contributed by atoms with Crippen molar-refractivity contribution >= 4 is 38.8 Å². The molecule has 0 aliphatic rings. The summed E-state index contributed by atoms with van der Waals surface area (Å²) in [6.07, 6.45) is 0. The number of phenols is 2. The van der Waals surface area contributed by atoms with Crippen LogP contribution in [0.3, 0.4) is 0 Å². The monoisotopic (exact) mass is 682 g/mol. The first kappa shape index (κ1) is 33.8. The van der Waals surface area contributed by atoms with E-state index in [0.29, 0.717) is 11.4 Å². The van der Waals surface area contributed by atoms with E-state index in [1.165, 1.54) is 18.2 Å². The molecule has 0 saturated carbocycles. The Hall–Kier alpha value is -6.52. The molecule has 0 radical (unpaired) electrons. The summed E-state index contributed by atoms with van der Waals surface area (Å²) in [5.41, 5.74) is 7.64. The van der Waals surface area contributed by atoms with Crippen LogP contribution in [0.15, 0.2) is 120 Å². The summed E-state index contributed by atoms with van der Waals surface area (Å²) < 4.78 is 32.1. The van der Waals surface area contributed by atoms with Gasteiger partial charge in [0.1, 0.15) is 22.4 Å². The fourth-order valence-electron chi connectivity index (χ4n) is 4.52. The van der Waals surface area contributed by atoms with Gasteiger partial charge in [-0.25, -0.2) is 4.79 Å². The molecule has 0 amide bonds. The van der Waals surface area contributed by atoms with Crippen molar-refractivity contribution in [1.29, 1.82) is 0 Å². The number of hydrogen-bond donors (Lipinski definition) is 6. The highest BCUT2D eigenvalue weighted by Gasteiger charge is 2.13. The molecule has 0 aliphatic heterocycles. The highest BCUT2D eigenvalue weighted by Crippen LogP contribution is 2.31. The van der Waals surface area contributed by atoms with Gasteiger partial charge in [0, 0.05) is 0 Å². The summed E-state index contributed by atoms with van der Waals surface area (Å²) in [6.45, 7) is 3.65. The fourth-order valence-corrected chi connectivity index (χ4v) is 5.03. The minimum absolute atomic E-state index is 0.215. The molecule has 49 heavy (non-hydrogen) atoms. The zero-order valence-electron chi connectivity index (χ0n) is 25.6. The van der Waals surface area contributed by atoms with E-state index >= 15 is 0 Å². The first-order valence-corrected chi connectivity index (χ1v) is 15.6. The third-order valence-electron chi connectivity index (χ3n) is 7.16. The van der Waals surface area contributed by atoms with E-state index in [1.807, 2.05) is 31.2 Å². The Morgan fingerprint density at radius 2 is 1.39 bits per heavy atom. The lowest BCUT2D eigenvalue weighted by molar-refractivity contribution is 0.0693. The number of aryl methyl sites for hydroxylation is 2. The maximum absolute atomic E-state index is 13.0. The third kappa shape index (κ3) is 7.73. The van der Waals surface area contributed by atoms with Gasteiger partial charge in [-0.1, -0.05) is 12.1 Å². The second-order valence-corrected chi connectivity index (χ2v) is 12.0. The number of anilines is 2. The molecule has 6 N–H and O–H groups in total. The topological polar surface area (TPSA) is 240 Å². The van der Waals surface area contributed by atoms with Gasteiger partial charge in [-0.3, -0.25) is 25.0 Å². The molecule has 5 rings (SSSR count). The van der Waals surface area contributed by atoms with Crippen LogP contribution >= 0.6 is 0 Å². The Balaban J connectivity index is 1.35. The molecule has 0 aromatic heterocycles. The van der Waals surface area contributed by atoms with Crippen LogP contribution in [0.25, 0.3) is 11.1 Å². The first-order valence-electron chi connectivity index (χ1n) is 14.2. The first-order chi connectivity index (χ1) is 23.2. The molecule has 0 spiro atoms. The number of rotatable bonds is 9. The molecule has 0 atom stereocenters. The maximum atomic E-state index is 13.0. The minimum Gasteiger partial charge on any atom is -0.507 e. The Bertz CT molecular complexity index is 2510. The van der Waals surface area contributed by atoms with Crippen LogP contribution < -0.4 is 32.4 Å². The van der Waals surface area contributed by atoms with Gasteiger partial charge in [-0.05, 0) is 109 Å². The van der Waals surface area contributed by atoms with Gasteiger partial charge in [-0.2, -0.15) is 28.8 Å². The highest BCUT2D eigenvalue weighted by atomic mass is 32.2. The number of hydrogen-bond acceptors (Lipinski definition) is 13. The number of carbonyl (C=O) groups is 1. The van der Waals surface area contributed by atoms with Crippen molar-refractivity contribution in [2.75, 3.05) is 10.9 Å². The van der Waals surface area contributed by atoms with Crippen LogP contribution in [0, 0.1) is 13.8 Å². The largest absolute Gasteiger partial charge is 0.507 e. The maximum Gasteiger partial charge on any atom is 0.339 e. The second kappa shape index (κ2) is 13.7. The molecule has 15 nitrogen and oxygen atoms in total. The molecule has 0 saturated heterocycles. The number of benzene rings is 5. The second-order valence-electron chi connectivity index (χ2n) is 10.6. The SMILES string of the molecule is Cc1cc(-c2ccc(NN=c3c(=O)ccc(=NNc4cc(S(=O)(=O)O)ccc4O)c3=O)c(C)c2)ccc1N=Nc1ccc(O)c(C(=O)O)c1. The highest BCUT2D eigenvalue weighted by molar-refractivity contribution is 7.85. The Morgan fingerprint density at radius 3 is 2.06 bits per heavy atom. The molecule has 0 heterocycles. The summed E-state index contributed by atoms with van der Waals surface area (Å²) in [4.78, 5) is 36.2. The number of aromatic hydroxyl groups is 2. The summed E-state index contributed by atoms with van der Waals surface area (Å²) in [5, 5.41) is 44.4. The van der Waals surface area contributed by atoms with Crippen molar-refractivity contribution < 1.29 is 33.1 Å². The predicted molar refractivity (Wildman–Crippen MR) is 178 cm³/mol. The van der Waals surface area contributed by atoms with Crippen molar-refractivity contribution in [2.45, 2.75) is 18.7 Å². The number of carboxylic acids is 1. The number of aromatic carboxylic acids is 1. The number of carboxylic acid groups (broad SMARTS) is 1. The molecular weight excluding hydrogens is 656 g/mol. The molecule has 5 aromatic rings. The Kier molecular flexibility index (Phi) is 9.45. The average Bonchev–Trinajstić information content (AvgIpc) is 3.05. The van der Waals surface area contributed by atoms with E-state index in [1.54, 1.807) is 19.1 Å². The fraction of sp³-hybridized carbons (Fsp3) is 0.0606. The quantitative estimate of drug-likeness (QED) is 0.0557. The predicted octanol–water partition coefficient (Wildman–Crippen LogP) is 4.19. The van der Waals surface area contributed by atoms with E-state index < -0.39 is 42.9 Å². The van der Waals surface area contributed by atoms with Crippen molar-refractivity contribution in [3.63, 3.8) is 0 Å². The van der Waals surface area contributed by atoms with Crippen LogP contribution in [-0.4, -0.2) is 34.3 Å². The van der Waals surface area contributed by atoms with Gasteiger partial charge in [-0.15, -0.1) is 0 Å². The van der Waals surface area contributed by atoms with Crippen molar-refractivity contribution in [2.24, 2.45) is 20.4 Å². The van der Waals surface area contributed by atoms with Gasteiger partial charge in [0.15, 0.2) is 5.36 Å². The van der Waals surface area contributed by atoms with Gasteiger partial charge in [0.05, 0.1) is 27.6 Å². The van der Waals surface area contributed by atoms with Crippen LogP contribution in [0.4, 0.5) is 22.7 Å². The van der Waals surface area contributed by atoms with Gasteiger partial charge in [0.2, 0.25) is 10.9 Å². The normalized spacial score (nSPS) is 12.4. The minimum atomic E-state index is -4.57. The van der Waals surface area contributed by atoms with Crippen LogP contribution in [-0.2, 0) is 10.1 Å². The number of phenolic OH excluding ortho intramolecular Hbond substituents is 1. The van der Waals surface area contributed by atoms with Crippen LogP contribution in [0.2, 0.25) is 0 Å². The van der Waals surface area contributed by atoms with E-state index in [2.05, 4.69) is 31.3 Å². The van der Waals surface area contributed by atoms with Gasteiger partial charge in [0.25, 0.3) is 10.1 Å². The zero-order chi connectivity index (χ0) is 35.5. The summed E-state index contributed by atoms with van der Waals surface area (Å²) in [7, 11) is -4.57. The van der Waals surface area contributed by atoms with E-state index in [0.717, 1.165) is 52.6 Å². The smallest absolute Gasteiger partial charge is 0.339 e. The molecule has 0 bridgehead atoms. The number of azo groups is 1. The molecule has 5 aromatic carbocycles. The van der Waals surface area contributed by atoms with E-state index in [-0.39, 0.29) is 28.0 Å². The lowest BCUT2D eigenvalue weighted by atomic mass is 10.00. The van der Waals surface area contributed by atoms with Crippen molar-refractivity contribution in [1.82, 2.24) is 0 Å². The summed E-state index contributed by atoms with van der Waals surface area (Å²) in [5.74, 6) is -2.06. The lowest BCUT2D eigenvalue weighted by Gasteiger charge is -2.09. The molecule has 0 unspecified atom stereocenters. The van der Waals surface area contributed by atoms with E-state index in [9.17, 15) is 42.7 Å². The molecule has 0 fully saturated rings. The van der Waals surface area contributed by atoms with Crippen molar-refractivity contribution in [3.05, 3.63) is 133 Å². The Labute approximate surface area is 277 Å². The van der Waals surface area contributed by atoms with Crippen LogP contribution in [0.5, 0.6) is 11.5 Å². The standard InChI is InChI=1S/C33H26N6O9S/c1-17-13-19(3-7-24(17)35-34-21-5-10-28(40)23(15-21)33(44)45)20-4-8-25(18(2)14-20)36-39-31-30(42)12-9-26(32(31)43)37-38-27-16-22(49(46,47)48)6-11-29(27)41/h3-16,36,38,40-41H,1-2H3,(H,44,45)(H,46,47,48). The summed E-state index contributed by atoms with van der Waals surface area (Å²) in [6, 6.07) is 19.9. The number of nitrogens with one attached hydrogen (secondary N) is 2. The molecular formula is C33H26N6O9S. The van der Waals surface area contributed by atoms with Crippen molar-refractivity contribution in [3.8, 4) is 22.6 Å².